The summed E-state index contributed by atoms with van der Waals surface area (Å²) >= 11 is 0. The first-order valence-electron chi connectivity index (χ1n) is 9.48. The second-order valence-corrected chi connectivity index (χ2v) is 6.88. The van der Waals surface area contributed by atoms with Crippen molar-refractivity contribution in [2.24, 2.45) is 10.9 Å². The summed E-state index contributed by atoms with van der Waals surface area (Å²) in [5, 5.41) is 3.46. The van der Waals surface area contributed by atoms with Gasteiger partial charge >= 0.3 is 0 Å². The number of rotatable bonds is 7. The number of likely N-dealkylation sites (tertiary alicyclic amines) is 1. The molecule has 1 saturated heterocycles. The van der Waals surface area contributed by atoms with Crippen LogP contribution in [0, 0.1) is 5.92 Å². The predicted molar refractivity (Wildman–Crippen MR) is 124 cm³/mol. The molecule has 2 aromatic carbocycles. The van der Waals surface area contributed by atoms with Crippen molar-refractivity contribution in [2.75, 3.05) is 33.9 Å². The maximum Gasteiger partial charge on any atom is 0.193 e. The summed E-state index contributed by atoms with van der Waals surface area (Å²) in [6, 6.07) is 18.4. The van der Waals surface area contributed by atoms with Gasteiger partial charge in [-0.1, -0.05) is 42.5 Å². The Labute approximate surface area is 185 Å². The van der Waals surface area contributed by atoms with Crippen molar-refractivity contribution in [3.63, 3.8) is 0 Å². The number of benzene rings is 2. The second-order valence-electron chi connectivity index (χ2n) is 6.88. The van der Waals surface area contributed by atoms with Gasteiger partial charge in [0.2, 0.25) is 0 Å². The van der Waals surface area contributed by atoms with Crippen LogP contribution in [0.25, 0.3) is 0 Å². The van der Waals surface area contributed by atoms with Crippen LogP contribution >= 0.6 is 24.0 Å². The first-order chi connectivity index (χ1) is 13.3. The van der Waals surface area contributed by atoms with Gasteiger partial charge < -0.3 is 19.7 Å². The van der Waals surface area contributed by atoms with Crippen LogP contribution in [0.1, 0.15) is 17.5 Å². The van der Waals surface area contributed by atoms with E-state index in [9.17, 15) is 0 Å². The van der Waals surface area contributed by atoms with Crippen molar-refractivity contribution in [3.8, 4) is 5.75 Å². The highest BCUT2D eigenvalue weighted by Crippen LogP contribution is 2.17. The van der Waals surface area contributed by atoms with E-state index in [4.69, 9.17) is 9.47 Å². The van der Waals surface area contributed by atoms with Crippen molar-refractivity contribution in [1.29, 1.82) is 0 Å². The third-order valence-electron chi connectivity index (χ3n) is 4.82. The minimum atomic E-state index is 0. The number of methoxy groups -OCH3 is 1. The van der Waals surface area contributed by atoms with Gasteiger partial charge in [-0.2, -0.15) is 0 Å². The van der Waals surface area contributed by atoms with E-state index in [-0.39, 0.29) is 24.0 Å². The highest BCUT2D eigenvalue weighted by Gasteiger charge is 2.24. The Hall–Kier alpha value is -1.80. The van der Waals surface area contributed by atoms with Crippen molar-refractivity contribution in [1.82, 2.24) is 10.2 Å². The highest BCUT2D eigenvalue weighted by atomic mass is 127. The molecule has 1 fully saturated rings. The molecule has 0 amide bonds. The van der Waals surface area contributed by atoms with Crippen LogP contribution in [0.4, 0.5) is 0 Å². The summed E-state index contributed by atoms with van der Waals surface area (Å²) in [4.78, 5) is 6.73. The van der Waals surface area contributed by atoms with E-state index in [1.807, 2.05) is 37.4 Å². The van der Waals surface area contributed by atoms with Gasteiger partial charge in [-0.05, 0) is 29.7 Å². The van der Waals surface area contributed by atoms with E-state index < -0.39 is 0 Å². The average molecular weight is 495 g/mol. The maximum absolute atomic E-state index is 5.85. The van der Waals surface area contributed by atoms with Gasteiger partial charge in [0.15, 0.2) is 5.96 Å². The van der Waals surface area contributed by atoms with Crippen molar-refractivity contribution in [3.05, 3.63) is 65.7 Å². The SMILES string of the molecule is CN=C(NCc1ccc(OCc2ccccc2)cc1)N1CCC(COC)C1.I. The third kappa shape index (κ3) is 6.67. The van der Waals surface area contributed by atoms with Gasteiger partial charge in [-0.15, -0.1) is 24.0 Å². The van der Waals surface area contributed by atoms with Gasteiger partial charge in [-0.25, -0.2) is 0 Å². The number of nitrogens with zero attached hydrogens (tertiary/aromatic N) is 2. The van der Waals surface area contributed by atoms with Crippen LogP contribution < -0.4 is 10.1 Å². The van der Waals surface area contributed by atoms with Crippen molar-refractivity contribution in [2.45, 2.75) is 19.6 Å². The summed E-state index contributed by atoms with van der Waals surface area (Å²) in [7, 11) is 3.61. The van der Waals surface area contributed by atoms with Gasteiger partial charge in [-0.3, -0.25) is 4.99 Å². The van der Waals surface area contributed by atoms with E-state index in [2.05, 4.69) is 39.5 Å². The third-order valence-corrected chi connectivity index (χ3v) is 4.82. The van der Waals surface area contributed by atoms with Crippen LogP contribution in [-0.4, -0.2) is 44.7 Å². The zero-order valence-corrected chi connectivity index (χ0v) is 19.0. The van der Waals surface area contributed by atoms with Gasteiger partial charge in [0.05, 0.1) is 6.61 Å². The molecule has 1 unspecified atom stereocenters. The normalized spacial score (nSPS) is 16.6. The molecule has 5 nitrogen and oxygen atoms in total. The zero-order chi connectivity index (χ0) is 18.9. The molecule has 1 atom stereocenters. The van der Waals surface area contributed by atoms with Gasteiger partial charge in [0.1, 0.15) is 12.4 Å². The van der Waals surface area contributed by atoms with E-state index in [1.165, 1.54) is 11.1 Å². The molecular weight excluding hydrogens is 465 g/mol. The molecule has 152 valence electrons. The molecule has 1 aliphatic heterocycles. The van der Waals surface area contributed by atoms with Gasteiger partial charge in [0.25, 0.3) is 0 Å². The lowest BCUT2D eigenvalue weighted by molar-refractivity contribution is 0.157. The number of hydrogen-bond acceptors (Lipinski definition) is 3. The molecular formula is C22H30IN3O2. The van der Waals surface area contributed by atoms with Crippen LogP contribution in [0.3, 0.4) is 0 Å². The zero-order valence-electron chi connectivity index (χ0n) is 16.6. The molecule has 1 aliphatic rings. The Morgan fingerprint density at radius 1 is 1.11 bits per heavy atom. The minimum absolute atomic E-state index is 0. The predicted octanol–water partition coefficient (Wildman–Crippen LogP) is 3.93. The molecule has 0 spiro atoms. The highest BCUT2D eigenvalue weighted by molar-refractivity contribution is 14.0. The fraction of sp³-hybridized carbons (Fsp3) is 0.409. The largest absolute Gasteiger partial charge is 0.489 e. The Bertz CT molecular complexity index is 722. The molecule has 0 bridgehead atoms. The molecule has 2 aromatic rings. The molecule has 3 rings (SSSR count). The summed E-state index contributed by atoms with van der Waals surface area (Å²) in [5.74, 6) is 2.43. The van der Waals surface area contributed by atoms with E-state index in [0.717, 1.165) is 44.4 Å². The van der Waals surface area contributed by atoms with Crippen LogP contribution in [0.15, 0.2) is 59.6 Å². The Morgan fingerprint density at radius 3 is 2.54 bits per heavy atom. The van der Waals surface area contributed by atoms with E-state index in [1.54, 1.807) is 7.11 Å². The van der Waals surface area contributed by atoms with Crippen LogP contribution in [-0.2, 0) is 17.9 Å². The summed E-state index contributed by atoms with van der Waals surface area (Å²) < 4.78 is 11.1. The molecule has 6 heteroatoms. The van der Waals surface area contributed by atoms with Crippen molar-refractivity contribution < 1.29 is 9.47 Å². The lowest BCUT2D eigenvalue weighted by Crippen LogP contribution is -2.39. The van der Waals surface area contributed by atoms with E-state index >= 15 is 0 Å². The van der Waals surface area contributed by atoms with Crippen LogP contribution in [0.2, 0.25) is 0 Å². The van der Waals surface area contributed by atoms with Crippen molar-refractivity contribution >= 4 is 29.9 Å². The lowest BCUT2D eigenvalue weighted by Gasteiger charge is -2.21. The Kier molecular flexibility index (Phi) is 9.57. The number of aliphatic imine (C=N–C) groups is 1. The van der Waals surface area contributed by atoms with E-state index in [0.29, 0.717) is 12.5 Å². The Morgan fingerprint density at radius 2 is 1.86 bits per heavy atom. The minimum Gasteiger partial charge on any atom is -0.489 e. The molecule has 1 heterocycles. The number of ether oxygens (including phenoxy) is 2. The summed E-state index contributed by atoms with van der Waals surface area (Å²) in [6.45, 7) is 4.18. The first-order valence-corrected chi connectivity index (χ1v) is 9.48. The molecule has 0 saturated carbocycles. The fourth-order valence-corrected chi connectivity index (χ4v) is 3.35. The number of guanidine groups is 1. The molecule has 0 aromatic heterocycles. The summed E-state index contributed by atoms with van der Waals surface area (Å²) in [5.41, 5.74) is 2.38. The molecule has 0 aliphatic carbocycles. The maximum atomic E-state index is 5.85. The number of nitrogens with one attached hydrogen (secondary N) is 1. The summed E-state index contributed by atoms with van der Waals surface area (Å²) in [6.07, 6.45) is 1.15. The van der Waals surface area contributed by atoms with Crippen LogP contribution in [0.5, 0.6) is 5.75 Å². The van der Waals surface area contributed by atoms with Gasteiger partial charge in [0, 0.05) is 39.7 Å². The lowest BCUT2D eigenvalue weighted by atomic mass is 10.1. The molecule has 28 heavy (non-hydrogen) atoms. The monoisotopic (exact) mass is 495 g/mol. The number of hydrogen-bond donors (Lipinski definition) is 1. The quantitative estimate of drug-likeness (QED) is 0.360. The molecule has 0 radical (unpaired) electrons. The second kappa shape index (κ2) is 11.9. The average Bonchev–Trinajstić information content (AvgIpc) is 3.17. The topological polar surface area (TPSA) is 46.1 Å². The Balaban J connectivity index is 0.00000280. The first kappa shape index (κ1) is 22.5. The fourth-order valence-electron chi connectivity index (χ4n) is 3.35. The standard InChI is InChI=1S/C22H29N3O2.HI/c1-23-22(25-13-12-20(15-25)16-26-2)24-14-18-8-10-21(11-9-18)27-17-19-6-4-3-5-7-19;/h3-11,20H,12-17H2,1-2H3,(H,23,24);1H. The molecule has 1 N–H and O–H groups in total. The number of halogens is 1. The smallest absolute Gasteiger partial charge is 0.193 e.